The Hall–Kier alpha value is -2.18. The molecule has 0 spiro atoms. The maximum absolute atomic E-state index is 12.7. The van der Waals surface area contributed by atoms with E-state index in [-0.39, 0.29) is 11.8 Å². The van der Waals surface area contributed by atoms with E-state index in [4.69, 9.17) is 0 Å². The van der Waals surface area contributed by atoms with Crippen LogP contribution in [0.4, 0.5) is 25.0 Å². The van der Waals surface area contributed by atoms with Crippen molar-refractivity contribution in [3.05, 3.63) is 24.3 Å². The quantitative estimate of drug-likeness (QED) is 0.924. The lowest BCUT2D eigenvalue weighted by Gasteiger charge is -2.40. The lowest BCUT2D eigenvalue weighted by Crippen LogP contribution is -2.57. The molecule has 1 aliphatic heterocycles. The van der Waals surface area contributed by atoms with Crippen molar-refractivity contribution >= 4 is 23.3 Å². The Labute approximate surface area is 134 Å². The van der Waals surface area contributed by atoms with Gasteiger partial charge >= 0.3 is 6.03 Å². The van der Waals surface area contributed by atoms with E-state index in [9.17, 15) is 18.4 Å². The van der Waals surface area contributed by atoms with E-state index in [1.807, 2.05) is 13.8 Å². The molecule has 0 aliphatic carbocycles. The summed E-state index contributed by atoms with van der Waals surface area (Å²) < 4.78 is 25.2. The molecule has 7 heteroatoms. The zero-order valence-electron chi connectivity index (χ0n) is 13.4. The number of para-hydroxylation sites is 2. The van der Waals surface area contributed by atoms with Crippen molar-refractivity contribution in [3.8, 4) is 0 Å². The van der Waals surface area contributed by atoms with Gasteiger partial charge in [-0.2, -0.15) is 0 Å². The molecule has 2 atom stereocenters. The standard InChI is InChI=1S/C16H21F2N3O2/c1-4-10(2)14-15(22)19-11-7-5-6-8-12(11)21(14)16(23)20(3)9-13(17)18/h5-8,10,13-14H,4,9H2,1-3H3,(H,19,22). The van der Waals surface area contributed by atoms with Crippen molar-refractivity contribution in [2.24, 2.45) is 5.92 Å². The second kappa shape index (κ2) is 6.93. The van der Waals surface area contributed by atoms with Gasteiger partial charge in [0.1, 0.15) is 6.04 Å². The van der Waals surface area contributed by atoms with E-state index < -0.39 is 25.0 Å². The number of carbonyl (C=O) groups excluding carboxylic acids is 2. The van der Waals surface area contributed by atoms with Gasteiger partial charge in [0.25, 0.3) is 6.43 Å². The first-order valence-electron chi connectivity index (χ1n) is 7.59. The highest BCUT2D eigenvalue weighted by molar-refractivity contribution is 6.11. The Bertz CT molecular complexity index is 594. The number of carbonyl (C=O) groups is 2. The van der Waals surface area contributed by atoms with E-state index in [1.165, 1.54) is 11.9 Å². The monoisotopic (exact) mass is 325 g/mol. The predicted molar refractivity (Wildman–Crippen MR) is 84.8 cm³/mol. The van der Waals surface area contributed by atoms with Crippen LogP contribution in [0.2, 0.25) is 0 Å². The molecule has 1 aliphatic rings. The summed E-state index contributed by atoms with van der Waals surface area (Å²) in [5.41, 5.74) is 1.04. The van der Waals surface area contributed by atoms with Crippen molar-refractivity contribution in [1.29, 1.82) is 0 Å². The van der Waals surface area contributed by atoms with Crippen LogP contribution >= 0.6 is 0 Å². The summed E-state index contributed by atoms with van der Waals surface area (Å²) in [5.74, 6) is -0.399. The highest BCUT2D eigenvalue weighted by Crippen LogP contribution is 2.35. The fourth-order valence-corrected chi connectivity index (χ4v) is 2.69. The molecule has 1 heterocycles. The van der Waals surface area contributed by atoms with Crippen molar-refractivity contribution in [1.82, 2.24) is 4.90 Å². The number of anilines is 2. The normalized spacial score (nSPS) is 18.4. The van der Waals surface area contributed by atoms with E-state index in [0.717, 1.165) is 4.90 Å². The van der Waals surface area contributed by atoms with Crippen molar-refractivity contribution < 1.29 is 18.4 Å². The Balaban J connectivity index is 2.44. The van der Waals surface area contributed by atoms with Gasteiger partial charge in [0.05, 0.1) is 17.9 Å². The number of alkyl halides is 2. The van der Waals surface area contributed by atoms with Crippen LogP contribution in [-0.2, 0) is 4.79 Å². The molecule has 126 valence electrons. The van der Waals surface area contributed by atoms with E-state index >= 15 is 0 Å². The molecule has 2 unspecified atom stereocenters. The van der Waals surface area contributed by atoms with E-state index in [0.29, 0.717) is 17.8 Å². The number of benzene rings is 1. The highest BCUT2D eigenvalue weighted by atomic mass is 19.3. The summed E-state index contributed by atoms with van der Waals surface area (Å²) in [4.78, 5) is 27.4. The molecule has 0 saturated heterocycles. The lowest BCUT2D eigenvalue weighted by molar-refractivity contribution is -0.118. The summed E-state index contributed by atoms with van der Waals surface area (Å²) in [7, 11) is 1.32. The number of fused-ring (bicyclic) bond motifs is 1. The minimum Gasteiger partial charge on any atom is -0.322 e. The maximum atomic E-state index is 12.7. The molecule has 1 N–H and O–H groups in total. The summed E-state index contributed by atoms with van der Waals surface area (Å²) in [6.45, 7) is 3.11. The fraction of sp³-hybridized carbons (Fsp3) is 0.500. The summed E-state index contributed by atoms with van der Waals surface area (Å²) in [5, 5.41) is 2.79. The number of rotatable bonds is 4. The van der Waals surface area contributed by atoms with Crippen LogP contribution < -0.4 is 10.2 Å². The van der Waals surface area contributed by atoms with Gasteiger partial charge in [-0.15, -0.1) is 0 Å². The lowest BCUT2D eigenvalue weighted by atomic mass is 9.94. The van der Waals surface area contributed by atoms with Gasteiger partial charge in [0, 0.05) is 7.05 Å². The number of hydrogen-bond donors (Lipinski definition) is 1. The van der Waals surface area contributed by atoms with Crippen LogP contribution in [0.3, 0.4) is 0 Å². The summed E-state index contributed by atoms with van der Waals surface area (Å²) in [6, 6.07) is 5.57. The molecule has 2 rings (SSSR count). The fourth-order valence-electron chi connectivity index (χ4n) is 2.69. The third-order valence-corrected chi connectivity index (χ3v) is 4.10. The zero-order chi connectivity index (χ0) is 17.1. The molecule has 0 radical (unpaired) electrons. The van der Waals surface area contributed by atoms with Crippen molar-refractivity contribution in [2.75, 3.05) is 23.8 Å². The molecule has 3 amide bonds. The molecule has 1 aromatic carbocycles. The summed E-state index contributed by atoms with van der Waals surface area (Å²) in [6.07, 6.45) is -1.94. The third kappa shape index (κ3) is 3.43. The molecule has 0 bridgehead atoms. The molecule has 0 saturated carbocycles. The van der Waals surface area contributed by atoms with Crippen LogP contribution in [0, 0.1) is 5.92 Å². The maximum Gasteiger partial charge on any atom is 0.325 e. The van der Waals surface area contributed by atoms with Crippen LogP contribution in [0.15, 0.2) is 24.3 Å². The second-order valence-electron chi connectivity index (χ2n) is 5.76. The molecule has 5 nitrogen and oxygen atoms in total. The molecule has 23 heavy (non-hydrogen) atoms. The highest BCUT2D eigenvalue weighted by Gasteiger charge is 2.40. The topological polar surface area (TPSA) is 52.7 Å². The first-order chi connectivity index (χ1) is 10.9. The van der Waals surface area contributed by atoms with Gasteiger partial charge in [0.2, 0.25) is 5.91 Å². The van der Waals surface area contributed by atoms with Gasteiger partial charge in [-0.25, -0.2) is 13.6 Å². The molecule has 0 aromatic heterocycles. The number of urea groups is 1. The van der Waals surface area contributed by atoms with E-state index in [1.54, 1.807) is 24.3 Å². The Morgan fingerprint density at radius 2 is 2.04 bits per heavy atom. The van der Waals surface area contributed by atoms with Crippen LogP contribution in [-0.4, -0.2) is 42.9 Å². The van der Waals surface area contributed by atoms with Gasteiger partial charge < -0.3 is 10.2 Å². The third-order valence-electron chi connectivity index (χ3n) is 4.10. The minimum atomic E-state index is -2.63. The number of hydrogen-bond acceptors (Lipinski definition) is 2. The smallest absolute Gasteiger partial charge is 0.322 e. The first kappa shape index (κ1) is 17.2. The van der Waals surface area contributed by atoms with Gasteiger partial charge in [-0.3, -0.25) is 9.69 Å². The number of nitrogens with zero attached hydrogens (tertiary/aromatic N) is 2. The Morgan fingerprint density at radius 1 is 1.39 bits per heavy atom. The first-order valence-corrected chi connectivity index (χ1v) is 7.59. The molecule has 1 aromatic rings. The zero-order valence-corrected chi connectivity index (χ0v) is 13.4. The second-order valence-corrected chi connectivity index (χ2v) is 5.76. The Kier molecular flexibility index (Phi) is 5.18. The summed E-state index contributed by atoms with van der Waals surface area (Å²) >= 11 is 0. The molecular weight excluding hydrogens is 304 g/mol. The van der Waals surface area contributed by atoms with Gasteiger partial charge in [0.15, 0.2) is 0 Å². The van der Waals surface area contributed by atoms with E-state index in [2.05, 4.69) is 5.32 Å². The average molecular weight is 325 g/mol. The average Bonchev–Trinajstić information content (AvgIpc) is 2.51. The minimum absolute atomic E-state index is 0.104. The van der Waals surface area contributed by atoms with Crippen LogP contribution in [0.5, 0.6) is 0 Å². The van der Waals surface area contributed by atoms with Gasteiger partial charge in [-0.1, -0.05) is 32.4 Å². The van der Waals surface area contributed by atoms with Crippen molar-refractivity contribution in [3.63, 3.8) is 0 Å². The van der Waals surface area contributed by atoms with Gasteiger partial charge in [-0.05, 0) is 18.1 Å². The number of nitrogens with one attached hydrogen (secondary N) is 1. The number of halogens is 2. The van der Waals surface area contributed by atoms with Crippen molar-refractivity contribution in [2.45, 2.75) is 32.7 Å². The van der Waals surface area contributed by atoms with Crippen LogP contribution in [0.1, 0.15) is 20.3 Å². The molecule has 0 fully saturated rings. The largest absolute Gasteiger partial charge is 0.325 e. The Morgan fingerprint density at radius 3 is 2.65 bits per heavy atom. The van der Waals surface area contributed by atoms with Crippen LogP contribution in [0.25, 0.3) is 0 Å². The number of amides is 3. The SMILES string of the molecule is CCC(C)C1C(=O)Nc2ccccc2N1C(=O)N(C)CC(F)F. The predicted octanol–water partition coefficient (Wildman–Crippen LogP) is 3.18. The molecular formula is C16H21F2N3O2.